The summed E-state index contributed by atoms with van der Waals surface area (Å²) in [7, 11) is 0. The Balaban J connectivity index is 2.95. The number of carbonyl (C=O) groups is 1. The summed E-state index contributed by atoms with van der Waals surface area (Å²) in [6.07, 6.45) is 0. The summed E-state index contributed by atoms with van der Waals surface area (Å²) in [5.41, 5.74) is 6.02. The Labute approximate surface area is 93.3 Å². The van der Waals surface area contributed by atoms with E-state index in [2.05, 4.69) is 15.3 Å². The van der Waals surface area contributed by atoms with Crippen molar-refractivity contribution in [3.63, 3.8) is 0 Å². The van der Waals surface area contributed by atoms with Crippen LogP contribution in [0.25, 0.3) is 0 Å². The zero-order valence-electron chi connectivity index (χ0n) is 9.63. The molecule has 1 rings (SSSR count). The Kier molecular flexibility index (Phi) is 3.78. The number of carbonyl (C=O) groups excluding carboxylic acids is 1. The number of nitrogens with zero attached hydrogens (tertiary/aromatic N) is 1. The third-order valence-electron chi connectivity index (χ3n) is 2.28. The van der Waals surface area contributed by atoms with Crippen molar-refractivity contribution in [2.24, 2.45) is 5.73 Å². The first kappa shape index (κ1) is 12.4. The van der Waals surface area contributed by atoms with Gasteiger partial charge in [-0.05, 0) is 20.8 Å². The van der Waals surface area contributed by atoms with E-state index in [1.54, 1.807) is 20.8 Å². The highest BCUT2D eigenvalue weighted by Crippen LogP contribution is 2.09. The van der Waals surface area contributed by atoms with Crippen molar-refractivity contribution in [1.82, 2.24) is 15.3 Å². The average Bonchev–Trinajstić information content (AvgIpc) is 2.12. The first-order chi connectivity index (χ1) is 7.41. The molecule has 4 N–H and O–H groups in total. The highest BCUT2D eigenvalue weighted by molar-refractivity contribution is 5.75. The molecule has 0 spiro atoms. The SMILES string of the molecule is Cc1nc(C)c(C(C)NCC(N)=O)c(=O)[nH]1. The maximum atomic E-state index is 11.7. The molecule has 0 saturated carbocycles. The van der Waals surface area contributed by atoms with E-state index in [1.807, 2.05) is 0 Å². The van der Waals surface area contributed by atoms with E-state index < -0.39 is 5.91 Å². The van der Waals surface area contributed by atoms with Crippen LogP contribution in [0.1, 0.15) is 30.0 Å². The van der Waals surface area contributed by atoms with Gasteiger partial charge in [-0.2, -0.15) is 0 Å². The molecule has 0 aromatic carbocycles. The summed E-state index contributed by atoms with van der Waals surface area (Å²) in [5.74, 6) is 0.120. The van der Waals surface area contributed by atoms with Crippen LogP contribution >= 0.6 is 0 Å². The first-order valence-electron chi connectivity index (χ1n) is 5.01. The largest absolute Gasteiger partial charge is 0.369 e. The van der Waals surface area contributed by atoms with Crippen LogP contribution in [0.5, 0.6) is 0 Å². The molecule has 0 bridgehead atoms. The van der Waals surface area contributed by atoms with Gasteiger partial charge in [0.05, 0.1) is 12.1 Å². The summed E-state index contributed by atoms with van der Waals surface area (Å²) in [6.45, 7) is 5.31. The molecule has 16 heavy (non-hydrogen) atoms. The lowest BCUT2D eigenvalue weighted by molar-refractivity contribution is -0.117. The Morgan fingerprint density at radius 2 is 2.19 bits per heavy atom. The summed E-state index contributed by atoms with van der Waals surface area (Å²) in [6, 6.07) is -0.260. The normalized spacial score (nSPS) is 12.4. The third kappa shape index (κ3) is 2.90. The van der Waals surface area contributed by atoms with Gasteiger partial charge in [0, 0.05) is 11.7 Å². The molecule has 1 aromatic heterocycles. The number of rotatable bonds is 4. The van der Waals surface area contributed by atoms with Crippen molar-refractivity contribution in [1.29, 1.82) is 0 Å². The summed E-state index contributed by atoms with van der Waals surface area (Å²) < 4.78 is 0. The Hall–Kier alpha value is -1.69. The molecule has 0 aliphatic rings. The second-order valence-corrected chi connectivity index (χ2v) is 3.72. The first-order valence-corrected chi connectivity index (χ1v) is 5.01. The topological polar surface area (TPSA) is 101 Å². The van der Waals surface area contributed by atoms with Gasteiger partial charge in [-0.1, -0.05) is 0 Å². The maximum Gasteiger partial charge on any atom is 0.255 e. The minimum Gasteiger partial charge on any atom is -0.369 e. The monoisotopic (exact) mass is 224 g/mol. The van der Waals surface area contributed by atoms with Crippen molar-refractivity contribution in [3.8, 4) is 0 Å². The quantitative estimate of drug-likeness (QED) is 0.643. The van der Waals surface area contributed by atoms with Gasteiger partial charge in [0.1, 0.15) is 5.82 Å². The number of amides is 1. The molecule has 0 aliphatic carbocycles. The molecule has 6 heteroatoms. The minimum absolute atomic E-state index is 0.0356. The number of aromatic amines is 1. The lowest BCUT2D eigenvalue weighted by atomic mass is 10.1. The Bertz CT molecular complexity index is 453. The highest BCUT2D eigenvalue weighted by Gasteiger charge is 2.14. The Morgan fingerprint density at radius 1 is 1.56 bits per heavy atom. The van der Waals surface area contributed by atoms with Crippen molar-refractivity contribution < 1.29 is 4.79 Å². The lowest BCUT2D eigenvalue weighted by Crippen LogP contribution is -2.34. The average molecular weight is 224 g/mol. The molecule has 0 saturated heterocycles. The van der Waals surface area contributed by atoms with E-state index in [9.17, 15) is 9.59 Å². The van der Waals surface area contributed by atoms with Crippen LogP contribution < -0.4 is 16.6 Å². The number of aryl methyl sites for hydroxylation is 2. The van der Waals surface area contributed by atoms with Crippen LogP contribution in [0.15, 0.2) is 4.79 Å². The number of hydrogen-bond donors (Lipinski definition) is 3. The van der Waals surface area contributed by atoms with E-state index in [0.717, 1.165) is 0 Å². The van der Waals surface area contributed by atoms with Crippen LogP contribution in [-0.4, -0.2) is 22.4 Å². The van der Waals surface area contributed by atoms with E-state index in [1.165, 1.54) is 0 Å². The summed E-state index contributed by atoms with van der Waals surface area (Å²) in [4.78, 5) is 29.1. The molecule has 0 fully saturated rings. The fraction of sp³-hybridized carbons (Fsp3) is 0.500. The van der Waals surface area contributed by atoms with Crippen molar-refractivity contribution in [3.05, 3.63) is 27.4 Å². The molecule has 6 nitrogen and oxygen atoms in total. The van der Waals surface area contributed by atoms with Crippen LogP contribution in [0, 0.1) is 13.8 Å². The van der Waals surface area contributed by atoms with E-state index in [4.69, 9.17) is 5.73 Å². The Morgan fingerprint density at radius 3 is 2.69 bits per heavy atom. The molecule has 1 amide bonds. The smallest absolute Gasteiger partial charge is 0.255 e. The summed E-state index contributed by atoms with van der Waals surface area (Å²) >= 11 is 0. The van der Waals surface area contributed by atoms with Gasteiger partial charge >= 0.3 is 0 Å². The van der Waals surface area contributed by atoms with E-state index in [-0.39, 0.29) is 18.1 Å². The van der Waals surface area contributed by atoms with E-state index >= 15 is 0 Å². The van der Waals surface area contributed by atoms with Gasteiger partial charge in [0.25, 0.3) is 5.56 Å². The number of H-pyrrole nitrogens is 1. The lowest BCUT2D eigenvalue weighted by Gasteiger charge is -2.14. The number of aromatic nitrogens is 2. The molecule has 0 aliphatic heterocycles. The van der Waals surface area contributed by atoms with Crippen LogP contribution in [0.4, 0.5) is 0 Å². The number of hydrogen-bond acceptors (Lipinski definition) is 4. The van der Waals surface area contributed by atoms with Crippen LogP contribution in [0.3, 0.4) is 0 Å². The minimum atomic E-state index is -0.457. The molecule has 1 aromatic rings. The summed E-state index contributed by atoms with van der Waals surface area (Å²) in [5, 5.41) is 2.86. The second-order valence-electron chi connectivity index (χ2n) is 3.72. The second kappa shape index (κ2) is 4.89. The van der Waals surface area contributed by atoms with Crippen molar-refractivity contribution in [2.75, 3.05) is 6.54 Å². The third-order valence-corrected chi connectivity index (χ3v) is 2.28. The van der Waals surface area contributed by atoms with Crippen molar-refractivity contribution in [2.45, 2.75) is 26.8 Å². The molecule has 1 heterocycles. The standard InChI is InChI=1S/C10H16N4O2/c1-5(12-4-8(11)15)9-6(2)13-7(3)14-10(9)16/h5,12H,4H2,1-3H3,(H2,11,15)(H,13,14,16). The van der Waals surface area contributed by atoms with Gasteiger partial charge in [-0.3, -0.25) is 9.59 Å². The maximum absolute atomic E-state index is 11.7. The molecule has 0 radical (unpaired) electrons. The van der Waals surface area contributed by atoms with Crippen molar-refractivity contribution >= 4 is 5.91 Å². The molecular weight excluding hydrogens is 208 g/mol. The van der Waals surface area contributed by atoms with Gasteiger partial charge in [0.2, 0.25) is 5.91 Å². The predicted molar refractivity (Wildman–Crippen MR) is 59.9 cm³/mol. The van der Waals surface area contributed by atoms with Gasteiger partial charge < -0.3 is 16.0 Å². The number of primary amides is 1. The zero-order chi connectivity index (χ0) is 12.3. The fourth-order valence-electron chi connectivity index (χ4n) is 1.60. The van der Waals surface area contributed by atoms with Crippen LogP contribution in [-0.2, 0) is 4.79 Å². The van der Waals surface area contributed by atoms with Gasteiger partial charge in [-0.25, -0.2) is 4.98 Å². The van der Waals surface area contributed by atoms with E-state index in [0.29, 0.717) is 17.1 Å². The number of nitrogens with one attached hydrogen (secondary N) is 2. The highest BCUT2D eigenvalue weighted by atomic mass is 16.1. The molecule has 88 valence electrons. The molecule has 1 unspecified atom stereocenters. The molecule has 1 atom stereocenters. The van der Waals surface area contributed by atoms with Gasteiger partial charge in [0.15, 0.2) is 0 Å². The molecular formula is C10H16N4O2. The fourth-order valence-corrected chi connectivity index (χ4v) is 1.60. The van der Waals surface area contributed by atoms with Crippen LogP contribution in [0.2, 0.25) is 0 Å². The zero-order valence-corrected chi connectivity index (χ0v) is 9.63. The number of nitrogens with two attached hydrogens (primary N) is 1. The predicted octanol–water partition coefficient (Wildman–Crippen LogP) is -0.477. The van der Waals surface area contributed by atoms with Gasteiger partial charge in [-0.15, -0.1) is 0 Å².